The molecule has 2 heterocycles. The molecule has 8 heteroatoms. The van der Waals surface area contributed by atoms with Crippen LogP contribution in [0.4, 0.5) is 0 Å². The molecule has 0 aliphatic heterocycles. The summed E-state index contributed by atoms with van der Waals surface area (Å²) in [7, 11) is 0. The highest BCUT2D eigenvalue weighted by molar-refractivity contribution is 6.12. The molecule has 0 unspecified atom stereocenters. The zero-order chi connectivity index (χ0) is 30.8. The minimum Gasteiger partial charge on any atom is -0.445 e. The first-order valence-electron chi connectivity index (χ1n) is 13.0. The van der Waals surface area contributed by atoms with Gasteiger partial charge in [-0.2, -0.15) is 31.6 Å². The lowest BCUT2D eigenvalue weighted by atomic mass is 9.87. The lowest BCUT2D eigenvalue weighted by molar-refractivity contribution is 0.540. The highest BCUT2D eigenvalue weighted by Crippen LogP contribution is 2.54. The molecule has 0 saturated heterocycles. The van der Waals surface area contributed by atoms with Crippen molar-refractivity contribution in [3.63, 3.8) is 0 Å². The molecule has 200 valence electrons. The van der Waals surface area contributed by atoms with Crippen molar-refractivity contribution in [2.24, 2.45) is 0 Å². The fourth-order valence-corrected chi connectivity index (χ4v) is 5.42. The van der Waals surface area contributed by atoms with Crippen LogP contribution in [0.2, 0.25) is 0 Å². The minimum atomic E-state index is 0.0209. The first kappa shape index (κ1) is 26.8. The highest BCUT2D eigenvalue weighted by atomic mass is 16.3. The van der Waals surface area contributed by atoms with Crippen LogP contribution in [-0.4, -0.2) is 0 Å². The summed E-state index contributed by atoms with van der Waals surface area (Å²) in [5.74, 6) is 0.353. The molecule has 2 aliphatic rings. The van der Waals surface area contributed by atoms with Crippen LogP contribution in [0.1, 0.15) is 45.3 Å². The summed E-state index contributed by atoms with van der Waals surface area (Å²) >= 11 is 0. The van der Waals surface area contributed by atoms with Crippen LogP contribution < -0.4 is 0 Å². The van der Waals surface area contributed by atoms with Crippen molar-refractivity contribution < 1.29 is 8.83 Å². The maximum atomic E-state index is 10.5. The maximum Gasteiger partial charge on any atom is 0.204 e. The first-order valence-corrected chi connectivity index (χ1v) is 13.0. The smallest absolute Gasteiger partial charge is 0.204 e. The first-order chi connectivity index (χ1) is 21.6. The molecule has 2 aromatic heterocycles. The highest BCUT2D eigenvalue weighted by Gasteiger charge is 2.37. The van der Waals surface area contributed by atoms with Gasteiger partial charge in [0.1, 0.15) is 46.9 Å². The lowest BCUT2D eigenvalue weighted by Crippen LogP contribution is -1.98. The number of allylic oxidation sites excluding steroid dienone is 10. The Morgan fingerprint density at radius 3 is 1.23 bits per heavy atom. The average Bonchev–Trinajstić information content (AvgIpc) is 3.87. The topological polar surface area (TPSA) is 169 Å². The van der Waals surface area contributed by atoms with Crippen molar-refractivity contribution in [3.05, 3.63) is 153 Å². The van der Waals surface area contributed by atoms with Gasteiger partial charge in [-0.1, -0.05) is 36.4 Å². The molecule has 8 nitrogen and oxygen atoms in total. The van der Waals surface area contributed by atoms with Crippen molar-refractivity contribution in [1.29, 1.82) is 31.6 Å². The van der Waals surface area contributed by atoms with E-state index in [1.165, 1.54) is 24.3 Å². The monoisotopic (exact) mass is 562 g/mol. The third-order valence-corrected chi connectivity index (χ3v) is 7.27. The van der Waals surface area contributed by atoms with Gasteiger partial charge in [0.2, 0.25) is 11.5 Å². The Kier molecular flexibility index (Phi) is 6.65. The summed E-state index contributed by atoms with van der Waals surface area (Å²) < 4.78 is 11.4. The maximum absolute atomic E-state index is 10.5. The molecule has 0 fully saturated rings. The van der Waals surface area contributed by atoms with Crippen LogP contribution in [0.25, 0.3) is 22.3 Å². The largest absolute Gasteiger partial charge is 0.445 e. The molecule has 0 N–H and O–H groups in total. The molecular formula is C36H14N6O2. The van der Waals surface area contributed by atoms with Gasteiger partial charge in [-0.15, -0.1) is 0 Å². The molecule has 0 radical (unpaired) electrons. The number of nitrogens with zero attached hydrogens (tertiary/aromatic N) is 6. The fourth-order valence-electron chi connectivity index (χ4n) is 5.42. The summed E-state index contributed by atoms with van der Waals surface area (Å²) in [6.45, 7) is 0. The second kappa shape index (κ2) is 10.9. The van der Waals surface area contributed by atoms with Gasteiger partial charge in [0, 0.05) is 22.3 Å². The molecule has 4 aromatic rings. The number of hydrogen-bond acceptors (Lipinski definition) is 8. The Balaban J connectivity index is 1.74. The van der Waals surface area contributed by atoms with Crippen LogP contribution in [0.5, 0.6) is 0 Å². The van der Waals surface area contributed by atoms with E-state index in [9.17, 15) is 31.6 Å². The standard InChI is InChI=1S/C36H14N6O2/c37-15-21-5-1-3-7-25(21)27-13-29-30(35(27)31(19-41)33-11-9-23(17-39)43-33)14-28(26-8-4-2-6-22(26)16-38)36(29)32(20-42)34-12-10-24(18-40)44-34/h1-14H/b35-31-,36-32-. The Hall–Kier alpha value is -7.36. The van der Waals surface area contributed by atoms with Gasteiger partial charge in [0.15, 0.2) is 0 Å². The summed E-state index contributed by atoms with van der Waals surface area (Å²) in [6.07, 6.45) is 3.59. The van der Waals surface area contributed by atoms with Gasteiger partial charge < -0.3 is 8.83 Å². The number of hydrogen-bond donors (Lipinski definition) is 0. The van der Waals surface area contributed by atoms with Crippen LogP contribution in [0.3, 0.4) is 0 Å². The van der Waals surface area contributed by atoms with Crippen molar-refractivity contribution in [2.75, 3.05) is 0 Å². The molecule has 0 spiro atoms. The van der Waals surface area contributed by atoms with E-state index >= 15 is 0 Å². The number of benzene rings is 2. The summed E-state index contributed by atoms with van der Waals surface area (Å²) in [6, 6.07) is 32.6. The molecule has 6 rings (SSSR count). The minimum absolute atomic E-state index is 0.0209. The second-order valence-corrected chi connectivity index (χ2v) is 9.53. The van der Waals surface area contributed by atoms with E-state index in [4.69, 9.17) is 8.83 Å². The van der Waals surface area contributed by atoms with E-state index < -0.39 is 0 Å². The van der Waals surface area contributed by atoms with E-state index in [-0.39, 0.29) is 34.2 Å². The number of rotatable bonds is 4. The van der Waals surface area contributed by atoms with Gasteiger partial charge in [0.25, 0.3) is 0 Å². The zero-order valence-corrected chi connectivity index (χ0v) is 22.6. The Bertz CT molecular complexity index is 2180. The Labute approximate surface area is 251 Å². The SMILES string of the molecule is N#C/C(=C1\C(c2ccccc2C#N)=CC2=C1C=C(c1ccccc1C#N)/C2=C(\C#N)c1ccc(C#N)o1)c1ccc(C#N)o1. The third kappa shape index (κ3) is 4.20. The van der Waals surface area contributed by atoms with Gasteiger partial charge in [-0.3, -0.25) is 0 Å². The molecule has 2 aliphatic carbocycles. The van der Waals surface area contributed by atoms with Crippen LogP contribution in [0, 0.1) is 68.0 Å². The zero-order valence-electron chi connectivity index (χ0n) is 22.6. The lowest BCUT2D eigenvalue weighted by Gasteiger charge is -2.14. The predicted molar refractivity (Wildman–Crippen MR) is 157 cm³/mol. The van der Waals surface area contributed by atoms with Crippen molar-refractivity contribution in [3.8, 4) is 36.4 Å². The molecule has 44 heavy (non-hydrogen) atoms. The Morgan fingerprint density at radius 1 is 0.477 bits per heavy atom. The van der Waals surface area contributed by atoms with E-state index in [0.717, 1.165) is 0 Å². The predicted octanol–water partition coefficient (Wildman–Crippen LogP) is 7.10. The summed E-state index contributed by atoms with van der Waals surface area (Å²) in [5.41, 5.74) is 5.10. The Morgan fingerprint density at radius 2 is 0.886 bits per heavy atom. The van der Waals surface area contributed by atoms with Crippen molar-refractivity contribution in [1.82, 2.24) is 0 Å². The molecule has 0 bridgehead atoms. The number of nitriles is 6. The fraction of sp³-hybridized carbons (Fsp3) is 0. The molecule has 0 amide bonds. The van der Waals surface area contributed by atoms with E-state index in [2.05, 4.69) is 24.3 Å². The normalized spacial score (nSPS) is 15.4. The van der Waals surface area contributed by atoms with Crippen LogP contribution >= 0.6 is 0 Å². The molecule has 2 aromatic carbocycles. The molecule has 0 saturated carbocycles. The van der Waals surface area contributed by atoms with E-state index in [0.29, 0.717) is 55.7 Å². The molecular weight excluding hydrogens is 548 g/mol. The van der Waals surface area contributed by atoms with Gasteiger partial charge in [-0.05, 0) is 70.8 Å². The summed E-state index contributed by atoms with van der Waals surface area (Å²) in [4.78, 5) is 0. The number of furan rings is 2. The van der Waals surface area contributed by atoms with Gasteiger partial charge in [0.05, 0.1) is 23.3 Å². The second-order valence-electron chi connectivity index (χ2n) is 9.53. The van der Waals surface area contributed by atoms with Crippen molar-refractivity contribution in [2.45, 2.75) is 0 Å². The quantitative estimate of drug-likeness (QED) is 0.237. The van der Waals surface area contributed by atoms with Gasteiger partial charge in [-0.25, -0.2) is 0 Å². The third-order valence-electron chi connectivity index (χ3n) is 7.27. The molecule has 0 atom stereocenters. The van der Waals surface area contributed by atoms with Crippen molar-refractivity contribution >= 4 is 22.3 Å². The van der Waals surface area contributed by atoms with Gasteiger partial charge >= 0.3 is 0 Å². The van der Waals surface area contributed by atoms with Crippen LogP contribution in [0.15, 0.2) is 116 Å². The average molecular weight is 563 g/mol. The van der Waals surface area contributed by atoms with E-state index in [1.807, 2.05) is 12.1 Å². The van der Waals surface area contributed by atoms with E-state index in [1.54, 1.807) is 60.7 Å². The summed E-state index contributed by atoms with van der Waals surface area (Å²) in [5, 5.41) is 59.6. The van der Waals surface area contributed by atoms with Crippen LogP contribution in [-0.2, 0) is 0 Å².